The van der Waals surface area contributed by atoms with E-state index in [0.717, 1.165) is 36.8 Å². The van der Waals surface area contributed by atoms with Crippen LogP contribution in [0.5, 0.6) is 0 Å². The van der Waals surface area contributed by atoms with Gasteiger partial charge in [-0.3, -0.25) is 0 Å². The summed E-state index contributed by atoms with van der Waals surface area (Å²) in [6, 6.07) is 4.20. The molecule has 0 amide bonds. The number of rotatable bonds is 6. The highest BCUT2D eigenvalue weighted by Crippen LogP contribution is 2.17. The molecule has 0 unspecified atom stereocenters. The molecule has 0 saturated carbocycles. The van der Waals surface area contributed by atoms with Gasteiger partial charge in [0, 0.05) is 13.6 Å². The van der Waals surface area contributed by atoms with Crippen molar-refractivity contribution in [2.45, 2.75) is 39.0 Å². The Kier molecular flexibility index (Phi) is 5.58. The van der Waals surface area contributed by atoms with E-state index in [1.165, 1.54) is 32.4 Å². The van der Waals surface area contributed by atoms with Crippen molar-refractivity contribution in [1.82, 2.24) is 15.5 Å². The zero-order valence-corrected chi connectivity index (χ0v) is 12.2. The van der Waals surface area contributed by atoms with Crippen LogP contribution in [-0.2, 0) is 6.42 Å². The number of anilines is 1. The van der Waals surface area contributed by atoms with Gasteiger partial charge in [-0.1, -0.05) is 13.3 Å². The zero-order chi connectivity index (χ0) is 13.5. The maximum absolute atomic E-state index is 4.32. The fourth-order valence-corrected chi connectivity index (χ4v) is 2.61. The van der Waals surface area contributed by atoms with E-state index in [2.05, 4.69) is 46.5 Å². The molecule has 0 aromatic carbocycles. The first kappa shape index (κ1) is 14.3. The van der Waals surface area contributed by atoms with Crippen molar-refractivity contribution in [3.63, 3.8) is 0 Å². The van der Waals surface area contributed by atoms with Crippen molar-refractivity contribution in [2.75, 3.05) is 31.6 Å². The molecule has 2 heterocycles. The SMILES string of the molecule is CCCc1ccc(N(C)CCC2CCNCC2)nn1. The fourth-order valence-electron chi connectivity index (χ4n) is 2.61. The first-order valence-corrected chi connectivity index (χ1v) is 7.54. The van der Waals surface area contributed by atoms with Crippen LogP contribution in [0.1, 0.15) is 38.3 Å². The van der Waals surface area contributed by atoms with E-state index in [1.54, 1.807) is 0 Å². The molecular weight excluding hydrogens is 236 g/mol. The first-order valence-electron chi connectivity index (χ1n) is 7.54. The highest BCUT2D eigenvalue weighted by molar-refractivity contribution is 5.35. The standard InChI is InChI=1S/C15H26N4/c1-3-4-14-5-6-15(18-17-14)19(2)12-9-13-7-10-16-11-8-13/h5-6,13,16H,3-4,7-12H2,1-2H3. The Hall–Kier alpha value is -1.16. The number of hydrogen-bond donors (Lipinski definition) is 1. The van der Waals surface area contributed by atoms with Crippen LogP contribution >= 0.6 is 0 Å². The van der Waals surface area contributed by atoms with Gasteiger partial charge in [0.15, 0.2) is 5.82 Å². The van der Waals surface area contributed by atoms with Gasteiger partial charge in [0.1, 0.15) is 0 Å². The lowest BCUT2D eigenvalue weighted by atomic mass is 9.94. The molecule has 4 heteroatoms. The minimum absolute atomic E-state index is 0.871. The van der Waals surface area contributed by atoms with E-state index < -0.39 is 0 Å². The van der Waals surface area contributed by atoms with Crippen LogP contribution < -0.4 is 10.2 Å². The predicted octanol–water partition coefficient (Wildman–Crippen LogP) is 2.25. The second-order valence-electron chi connectivity index (χ2n) is 5.54. The molecule has 1 saturated heterocycles. The van der Waals surface area contributed by atoms with E-state index in [4.69, 9.17) is 0 Å². The molecule has 0 radical (unpaired) electrons. The van der Waals surface area contributed by atoms with Gasteiger partial charge in [-0.25, -0.2) is 0 Å². The van der Waals surface area contributed by atoms with Crippen LogP contribution in [0.4, 0.5) is 5.82 Å². The Balaban J connectivity index is 1.79. The number of aryl methyl sites for hydroxylation is 1. The largest absolute Gasteiger partial charge is 0.358 e. The second-order valence-corrected chi connectivity index (χ2v) is 5.54. The van der Waals surface area contributed by atoms with Crippen molar-refractivity contribution in [2.24, 2.45) is 5.92 Å². The van der Waals surface area contributed by atoms with Gasteiger partial charge >= 0.3 is 0 Å². The summed E-state index contributed by atoms with van der Waals surface area (Å²) < 4.78 is 0. The molecule has 0 spiro atoms. The molecule has 0 bridgehead atoms. The number of piperidine rings is 1. The molecule has 1 aromatic heterocycles. The van der Waals surface area contributed by atoms with Crippen molar-refractivity contribution in [3.8, 4) is 0 Å². The van der Waals surface area contributed by atoms with Crippen LogP contribution in [0, 0.1) is 5.92 Å². The van der Waals surface area contributed by atoms with Gasteiger partial charge in [-0.05, 0) is 56.8 Å². The number of aromatic nitrogens is 2. The van der Waals surface area contributed by atoms with Gasteiger partial charge < -0.3 is 10.2 Å². The molecule has 106 valence electrons. The lowest BCUT2D eigenvalue weighted by molar-refractivity contribution is 0.356. The van der Waals surface area contributed by atoms with E-state index >= 15 is 0 Å². The molecule has 0 aliphatic carbocycles. The Bertz CT molecular complexity index is 357. The molecule has 0 atom stereocenters. The molecule has 1 fully saturated rings. The van der Waals surface area contributed by atoms with Crippen LogP contribution in [0.15, 0.2) is 12.1 Å². The Morgan fingerprint density at radius 3 is 2.68 bits per heavy atom. The summed E-state index contributed by atoms with van der Waals surface area (Å²) in [5.74, 6) is 1.87. The van der Waals surface area contributed by atoms with Crippen LogP contribution in [-0.4, -0.2) is 36.9 Å². The summed E-state index contributed by atoms with van der Waals surface area (Å²) in [5.41, 5.74) is 1.10. The molecule has 1 aromatic rings. The van der Waals surface area contributed by atoms with E-state index in [1.807, 2.05) is 0 Å². The summed E-state index contributed by atoms with van der Waals surface area (Å²) in [5, 5.41) is 12.0. The van der Waals surface area contributed by atoms with Gasteiger partial charge in [0.2, 0.25) is 0 Å². The highest BCUT2D eigenvalue weighted by Gasteiger charge is 2.14. The number of hydrogen-bond acceptors (Lipinski definition) is 4. The molecule has 1 aliphatic rings. The van der Waals surface area contributed by atoms with Gasteiger partial charge in [0.05, 0.1) is 5.69 Å². The lowest BCUT2D eigenvalue weighted by Gasteiger charge is -2.25. The maximum atomic E-state index is 4.32. The van der Waals surface area contributed by atoms with Crippen LogP contribution in [0.25, 0.3) is 0 Å². The van der Waals surface area contributed by atoms with Crippen LogP contribution in [0.3, 0.4) is 0 Å². The van der Waals surface area contributed by atoms with Crippen molar-refractivity contribution in [1.29, 1.82) is 0 Å². The number of nitrogens with zero attached hydrogens (tertiary/aromatic N) is 3. The van der Waals surface area contributed by atoms with Crippen molar-refractivity contribution < 1.29 is 0 Å². The zero-order valence-electron chi connectivity index (χ0n) is 12.2. The normalized spacial score (nSPS) is 16.5. The monoisotopic (exact) mass is 262 g/mol. The van der Waals surface area contributed by atoms with Crippen molar-refractivity contribution in [3.05, 3.63) is 17.8 Å². The van der Waals surface area contributed by atoms with E-state index in [9.17, 15) is 0 Å². The first-order chi connectivity index (χ1) is 9.29. The number of nitrogens with one attached hydrogen (secondary N) is 1. The molecule has 4 nitrogen and oxygen atoms in total. The Morgan fingerprint density at radius 2 is 2.05 bits per heavy atom. The average molecular weight is 262 g/mol. The molecular formula is C15H26N4. The molecule has 2 rings (SSSR count). The maximum Gasteiger partial charge on any atom is 0.150 e. The summed E-state index contributed by atoms with van der Waals surface area (Å²) in [7, 11) is 2.12. The molecule has 19 heavy (non-hydrogen) atoms. The quantitative estimate of drug-likeness (QED) is 0.854. The highest BCUT2D eigenvalue weighted by atomic mass is 15.2. The van der Waals surface area contributed by atoms with Crippen molar-refractivity contribution >= 4 is 5.82 Å². The minimum Gasteiger partial charge on any atom is -0.358 e. The smallest absolute Gasteiger partial charge is 0.150 e. The van der Waals surface area contributed by atoms with Gasteiger partial charge in [0.25, 0.3) is 0 Å². The van der Waals surface area contributed by atoms with E-state index in [-0.39, 0.29) is 0 Å². The third-order valence-corrected chi connectivity index (χ3v) is 3.93. The predicted molar refractivity (Wildman–Crippen MR) is 79.5 cm³/mol. The Morgan fingerprint density at radius 1 is 1.26 bits per heavy atom. The van der Waals surface area contributed by atoms with E-state index in [0.29, 0.717) is 0 Å². The molecule has 1 aliphatic heterocycles. The topological polar surface area (TPSA) is 41.0 Å². The summed E-state index contributed by atoms with van der Waals surface area (Å²) in [6.45, 7) is 5.60. The average Bonchev–Trinajstić information content (AvgIpc) is 2.47. The second kappa shape index (κ2) is 7.43. The third kappa shape index (κ3) is 4.46. The Labute approximate surface area is 116 Å². The molecule has 1 N–H and O–H groups in total. The summed E-state index contributed by atoms with van der Waals surface area (Å²) in [4.78, 5) is 2.23. The fraction of sp³-hybridized carbons (Fsp3) is 0.733. The van der Waals surface area contributed by atoms with Crippen LogP contribution in [0.2, 0.25) is 0 Å². The lowest BCUT2D eigenvalue weighted by Crippen LogP contribution is -2.30. The third-order valence-electron chi connectivity index (χ3n) is 3.93. The summed E-state index contributed by atoms with van der Waals surface area (Å²) >= 11 is 0. The minimum atomic E-state index is 0.871. The van der Waals surface area contributed by atoms with Gasteiger partial charge in [-0.15, -0.1) is 5.10 Å². The van der Waals surface area contributed by atoms with Gasteiger partial charge in [-0.2, -0.15) is 5.10 Å². The summed E-state index contributed by atoms with van der Waals surface area (Å²) in [6.07, 6.45) is 6.03.